The maximum Gasteiger partial charge on any atom is 0.279 e. The van der Waals surface area contributed by atoms with Crippen molar-refractivity contribution >= 4 is 11.6 Å². The van der Waals surface area contributed by atoms with Crippen LogP contribution in [0.3, 0.4) is 0 Å². The third kappa shape index (κ3) is 4.42. The van der Waals surface area contributed by atoms with E-state index in [1.165, 1.54) is 10.5 Å². The molecule has 144 valence electrons. The second kappa shape index (κ2) is 8.44. The summed E-state index contributed by atoms with van der Waals surface area (Å²) in [5.74, 6) is 1.72. The summed E-state index contributed by atoms with van der Waals surface area (Å²) in [6, 6.07) is 12.2. The third-order valence-corrected chi connectivity index (χ3v) is 5.34. The molecule has 0 bridgehead atoms. The number of likely N-dealkylation sites (tertiary alicyclic amines) is 1. The van der Waals surface area contributed by atoms with Crippen molar-refractivity contribution in [1.82, 2.24) is 0 Å². The second-order valence-electron chi connectivity index (χ2n) is 7.25. The predicted octanol–water partition coefficient (Wildman–Crippen LogP) is 2.68. The molecule has 1 aliphatic rings. The number of carbonyl (C=O) groups is 1. The van der Waals surface area contributed by atoms with Crippen LogP contribution in [0.1, 0.15) is 35.6 Å². The first kappa shape index (κ1) is 19.2. The van der Waals surface area contributed by atoms with Crippen molar-refractivity contribution in [3.05, 3.63) is 53.1 Å². The molecule has 0 spiro atoms. The van der Waals surface area contributed by atoms with E-state index in [0.29, 0.717) is 6.54 Å². The summed E-state index contributed by atoms with van der Waals surface area (Å²) in [6.07, 6.45) is 2.13. The van der Waals surface area contributed by atoms with E-state index in [1.807, 2.05) is 37.3 Å². The largest absolute Gasteiger partial charge is 0.497 e. The zero-order valence-electron chi connectivity index (χ0n) is 16.6. The molecule has 2 aromatic rings. The van der Waals surface area contributed by atoms with Gasteiger partial charge >= 0.3 is 0 Å². The first-order chi connectivity index (χ1) is 13.0. The molecule has 0 radical (unpaired) electrons. The Labute approximate surface area is 161 Å². The minimum absolute atomic E-state index is 0.0470. The number of rotatable bonds is 6. The number of hydrogen-bond acceptors (Lipinski definition) is 3. The zero-order chi connectivity index (χ0) is 19.4. The number of aryl methyl sites for hydroxylation is 2. The molecule has 0 aromatic heterocycles. The summed E-state index contributed by atoms with van der Waals surface area (Å²) >= 11 is 0. The SMILES string of the molecule is COc1ccc(OC)c([C@@H]2CCC[NH+]2CC(=O)Nc2ccc(C)cc2C)c1. The molecule has 2 aromatic carbocycles. The van der Waals surface area contributed by atoms with Gasteiger partial charge in [0.05, 0.1) is 26.3 Å². The molecule has 2 atom stereocenters. The molecule has 5 heteroatoms. The molecule has 0 saturated carbocycles. The zero-order valence-corrected chi connectivity index (χ0v) is 16.6. The second-order valence-corrected chi connectivity index (χ2v) is 7.25. The number of ether oxygens (including phenoxy) is 2. The first-order valence-corrected chi connectivity index (χ1v) is 9.45. The predicted molar refractivity (Wildman–Crippen MR) is 107 cm³/mol. The average Bonchev–Trinajstić information content (AvgIpc) is 3.11. The van der Waals surface area contributed by atoms with Crippen LogP contribution >= 0.6 is 0 Å². The summed E-state index contributed by atoms with van der Waals surface area (Å²) in [5.41, 5.74) is 4.29. The van der Waals surface area contributed by atoms with Crippen LogP contribution in [-0.4, -0.2) is 33.2 Å². The number of methoxy groups -OCH3 is 2. The van der Waals surface area contributed by atoms with Gasteiger partial charge in [-0.05, 0) is 43.7 Å². The van der Waals surface area contributed by atoms with Gasteiger partial charge in [-0.15, -0.1) is 0 Å². The van der Waals surface area contributed by atoms with Crippen LogP contribution in [0.15, 0.2) is 36.4 Å². The van der Waals surface area contributed by atoms with Crippen molar-refractivity contribution in [2.45, 2.75) is 32.7 Å². The monoisotopic (exact) mass is 369 g/mol. The van der Waals surface area contributed by atoms with Crippen LogP contribution in [0.2, 0.25) is 0 Å². The number of amides is 1. The Balaban J connectivity index is 1.74. The minimum atomic E-state index is 0.0470. The van der Waals surface area contributed by atoms with Crippen LogP contribution in [-0.2, 0) is 4.79 Å². The summed E-state index contributed by atoms with van der Waals surface area (Å²) in [4.78, 5) is 13.9. The topological polar surface area (TPSA) is 52.0 Å². The van der Waals surface area contributed by atoms with Crippen LogP contribution in [0.5, 0.6) is 11.5 Å². The Bertz CT molecular complexity index is 819. The molecule has 1 amide bonds. The van der Waals surface area contributed by atoms with Crippen molar-refractivity contribution in [3.63, 3.8) is 0 Å². The van der Waals surface area contributed by atoms with Crippen molar-refractivity contribution in [3.8, 4) is 11.5 Å². The Morgan fingerprint density at radius 3 is 2.67 bits per heavy atom. The highest BCUT2D eigenvalue weighted by molar-refractivity contribution is 5.92. The normalized spacial score (nSPS) is 19.0. The number of benzene rings is 2. The molecule has 1 heterocycles. The molecule has 1 fully saturated rings. The number of quaternary nitrogens is 1. The van der Waals surface area contributed by atoms with E-state index in [0.717, 1.165) is 47.7 Å². The van der Waals surface area contributed by atoms with Gasteiger partial charge < -0.3 is 19.7 Å². The quantitative estimate of drug-likeness (QED) is 0.823. The van der Waals surface area contributed by atoms with Gasteiger partial charge in [-0.3, -0.25) is 4.79 Å². The molecular formula is C22H29N2O3+. The number of anilines is 1. The smallest absolute Gasteiger partial charge is 0.279 e. The summed E-state index contributed by atoms with van der Waals surface area (Å²) < 4.78 is 11.0. The van der Waals surface area contributed by atoms with Gasteiger partial charge in [0.15, 0.2) is 6.54 Å². The molecule has 5 nitrogen and oxygen atoms in total. The third-order valence-electron chi connectivity index (χ3n) is 5.34. The lowest BCUT2D eigenvalue weighted by molar-refractivity contribution is -0.910. The maximum atomic E-state index is 12.7. The van der Waals surface area contributed by atoms with E-state index in [1.54, 1.807) is 14.2 Å². The Kier molecular flexibility index (Phi) is 6.01. The Morgan fingerprint density at radius 2 is 1.96 bits per heavy atom. The van der Waals surface area contributed by atoms with Crippen LogP contribution in [0.4, 0.5) is 5.69 Å². The van der Waals surface area contributed by atoms with Crippen LogP contribution in [0.25, 0.3) is 0 Å². The highest BCUT2D eigenvalue weighted by atomic mass is 16.5. The lowest BCUT2D eigenvalue weighted by atomic mass is 10.0. The van der Waals surface area contributed by atoms with E-state index in [4.69, 9.17) is 9.47 Å². The van der Waals surface area contributed by atoms with Gasteiger partial charge in [-0.1, -0.05) is 17.7 Å². The van der Waals surface area contributed by atoms with Gasteiger partial charge in [0, 0.05) is 18.5 Å². The van der Waals surface area contributed by atoms with Crippen molar-refractivity contribution < 1.29 is 19.2 Å². The molecule has 0 aliphatic carbocycles. The Morgan fingerprint density at radius 1 is 1.15 bits per heavy atom. The Hall–Kier alpha value is -2.53. The molecule has 1 aliphatic heterocycles. The van der Waals surface area contributed by atoms with Gasteiger partial charge in [-0.2, -0.15) is 0 Å². The van der Waals surface area contributed by atoms with Gasteiger partial charge in [0.25, 0.3) is 5.91 Å². The van der Waals surface area contributed by atoms with Crippen molar-refractivity contribution in [2.75, 3.05) is 32.6 Å². The fourth-order valence-electron chi connectivity index (χ4n) is 3.96. The van der Waals surface area contributed by atoms with E-state index in [-0.39, 0.29) is 11.9 Å². The van der Waals surface area contributed by atoms with Crippen LogP contribution in [0, 0.1) is 13.8 Å². The number of hydrogen-bond donors (Lipinski definition) is 2. The molecule has 1 saturated heterocycles. The van der Waals surface area contributed by atoms with Gasteiger partial charge in [0.2, 0.25) is 0 Å². The average molecular weight is 369 g/mol. The molecule has 1 unspecified atom stereocenters. The van der Waals surface area contributed by atoms with E-state index >= 15 is 0 Å². The van der Waals surface area contributed by atoms with E-state index < -0.39 is 0 Å². The molecule has 2 N–H and O–H groups in total. The first-order valence-electron chi connectivity index (χ1n) is 9.45. The van der Waals surface area contributed by atoms with E-state index in [9.17, 15) is 4.79 Å². The van der Waals surface area contributed by atoms with Gasteiger partial charge in [-0.25, -0.2) is 0 Å². The van der Waals surface area contributed by atoms with Gasteiger partial charge in [0.1, 0.15) is 17.5 Å². The minimum Gasteiger partial charge on any atom is -0.497 e. The molecule has 3 rings (SSSR count). The van der Waals surface area contributed by atoms with E-state index in [2.05, 4.69) is 18.3 Å². The molecule has 27 heavy (non-hydrogen) atoms. The lowest BCUT2D eigenvalue weighted by Gasteiger charge is -2.23. The standard InChI is InChI=1S/C22H28N2O3/c1-15-7-9-19(16(2)12-15)23-22(25)14-24-11-5-6-20(24)18-13-17(26-3)8-10-21(18)27-4/h7-10,12-13,20H,5-6,11,14H2,1-4H3,(H,23,25)/p+1/t20-/m0/s1. The van der Waals surface area contributed by atoms with Crippen LogP contribution < -0.4 is 19.7 Å². The fraction of sp³-hybridized carbons (Fsp3) is 0.409. The maximum absolute atomic E-state index is 12.7. The highest BCUT2D eigenvalue weighted by Gasteiger charge is 2.34. The summed E-state index contributed by atoms with van der Waals surface area (Å²) in [6.45, 7) is 5.50. The summed E-state index contributed by atoms with van der Waals surface area (Å²) in [7, 11) is 3.36. The van der Waals surface area contributed by atoms with Crippen molar-refractivity contribution in [2.24, 2.45) is 0 Å². The lowest BCUT2D eigenvalue weighted by Crippen LogP contribution is -3.11. The molecular weight excluding hydrogens is 340 g/mol. The number of nitrogens with one attached hydrogen (secondary N) is 2. The number of carbonyl (C=O) groups excluding carboxylic acids is 1. The van der Waals surface area contributed by atoms with Crippen molar-refractivity contribution in [1.29, 1.82) is 0 Å². The highest BCUT2D eigenvalue weighted by Crippen LogP contribution is 2.31. The summed E-state index contributed by atoms with van der Waals surface area (Å²) in [5, 5.41) is 3.07. The fourth-order valence-corrected chi connectivity index (χ4v) is 3.96.